The number of likely N-dealkylation sites (tertiary alicyclic amines) is 1. The van der Waals surface area contributed by atoms with E-state index in [4.69, 9.17) is 38.2 Å². The molecule has 0 radical (unpaired) electrons. The molecule has 0 saturated carbocycles. The lowest BCUT2D eigenvalue weighted by Gasteiger charge is -2.19. The van der Waals surface area contributed by atoms with E-state index in [9.17, 15) is 24.0 Å². The van der Waals surface area contributed by atoms with Gasteiger partial charge in [-0.15, -0.1) is 5.10 Å². The molecule has 5 aliphatic rings. The van der Waals surface area contributed by atoms with Crippen LogP contribution in [0, 0.1) is 5.92 Å². The topological polar surface area (TPSA) is 227 Å². The Hall–Kier alpha value is -6.97. The molecule has 2 aromatic carbocycles. The summed E-state index contributed by atoms with van der Waals surface area (Å²) in [6.07, 6.45) is 13.1. The van der Waals surface area contributed by atoms with E-state index in [0.29, 0.717) is 124 Å². The molecule has 3 atom stereocenters. The highest BCUT2D eigenvalue weighted by Crippen LogP contribution is 2.40. The van der Waals surface area contributed by atoms with Gasteiger partial charge in [-0.05, 0) is 58.1 Å². The third-order valence-corrected chi connectivity index (χ3v) is 12.6. The normalized spacial score (nSPS) is 18.9. The predicted octanol–water partition coefficient (Wildman–Crippen LogP) is 5.11. The third-order valence-electron chi connectivity index (χ3n) is 12.6. The van der Waals surface area contributed by atoms with Gasteiger partial charge in [-0.3, -0.25) is 38.9 Å². The van der Waals surface area contributed by atoms with Crippen molar-refractivity contribution < 1.29 is 57.1 Å². The van der Waals surface area contributed by atoms with Crippen LogP contribution in [-0.2, 0) is 41.7 Å². The lowest BCUT2D eigenvalue weighted by molar-refractivity contribution is -0.139. The van der Waals surface area contributed by atoms with Gasteiger partial charge in [-0.25, -0.2) is 4.68 Å². The molecular formula is C51H63N9O12. The van der Waals surface area contributed by atoms with E-state index in [1.54, 1.807) is 59.0 Å². The van der Waals surface area contributed by atoms with Gasteiger partial charge in [0.15, 0.2) is 23.0 Å². The van der Waals surface area contributed by atoms with E-state index in [0.717, 1.165) is 41.7 Å². The van der Waals surface area contributed by atoms with Crippen molar-refractivity contribution in [1.29, 1.82) is 0 Å². The number of hydrogen-bond donors (Lipinski definition) is 1. The Kier molecular flexibility index (Phi) is 17.4. The molecule has 1 saturated heterocycles. The highest BCUT2D eigenvalue weighted by atomic mass is 16.5. The molecule has 5 aliphatic heterocycles. The molecule has 6 heterocycles. The predicted molar refractivity (Wildman–Crippen MR) is 262 cm³/mol. The van der Waals surface area contributed by atoms with E-state index in [2.05, 4.69) is 20.6 Å². The average Bonchev–Trinajstić information content (AvgIpc) is 4.12. The van der Waals surface area contributed by atoms with Gasteiger partial charge in [0, 0.05) is 68.8 Å². The molecule has 1 N–H and O–H groups in total. The van der Waals surface area contributed by atoms with Crippen molar-refractivity contribution in [2.75, 3.05) is 73.1 Å². The zero-order valence-electron chi connectivity index (χ0n) is 41.3. The standard InChI is InChI=1S/C51H63N9O12/c1-33-20-37-27-53-41-25-45(43(66-4)23-39(41)50(64)59(37)29-33)70-12-6-5-7-13-71-46-26-42-40(51(65)60-30-34(2)21-38(60)28-54-42)24-44(46)72-32-36-31-57(56-55-36)11-15-68-17-19-69-18-16-67-14-9-52-47(61)8-10-58-48(62)22-35(3)49(58)63/h23-31,35,37-38H,5-22,32H2,1-4H3,(H,52,61)/t35?,37-,38-/m0/s1. The average molecular weight is 994 g/mol. The molecule has 5 amide bonds. The fourth-order valence-electron chi connectivity index (χ4n) is 8.82. The molecule has 21 heteroatoms. The van der Waals surface area contributed by atoms with Gasteiger partial charge in [0.2, 0.25) is 17.7 Å². The molecule has 1 unspecified atom stereocenters. The minimum atomic E-state index is -0.325. The zero-order valence-corrected chi connectivity index (χ0v) is 41.3. The van der Waals surface area contributed by atoms with Crippen molar-refractivity contribution in [3.05, 3.63) is 70.8 Å². The van der Waals surface area contributed by atoms with E-state index in [-0.39, 0.29) is 73.5 Å². The first kappa shape index (κ1) is 51.4. The highest BCUT2D eigenvalue weighted by Gasteiger charge is 2.36. The number of carbonyl (C=O) groups excluding carboxylic acids is 5. The van der Waals surface area contributed by atoms with Crippen LogP contribution in [0.5, 0.6) is 23.0 Å². The maximum Gasteiger partial charge on any atom is 0.260 e. The number of imide groups is 1. The second-order valence-electron chi connectivity index (χ2n) is 18.3. The quantitative estimate of drug-likeness (QED) is 0.0774. The van der Waals surface area contributed by atoms with Crippen LogP contribution < -0.4 is 24.3 Å². The van der Waals surface area contributed by atoms with Crippen molar-refractivity contribution in [3.63, 3.8) is 0 Å². The summed E-state index contributed by atoms with van der Waals surface area (Å²) < 4.78 is 42.8. The Morgan fingerprint density at radius 1 is 0.681 bits per heavy atom. The molecule has 72 heavy (non-hydrogen) atoms. The summed E-state index contributed by atoms with van der Waals surface area (Å²) in [5.41, 5.74) is 4.75. The second kappa shape index (κ2) is 24.4. The maximum atomic E-state index is 13.8. The smallest absolute Gasteiger partial charge is 0.260 e. The highest BCUT2D eigenvalue weighted by molar-refractivity contribution is 6.05. The van der Waals surface area contributed by atoms with Crippen molar-refractivity contribution in [2.24, 2.45) is 15.9 Å². The fraction of sp³-hybridized carbons (Fsp3) is 0.510. The second-order valence-corrected chi connectivity index (χ2v) is 18.3. The van der Waals surface area contributed by atoms with Gasteiger partial charge in [0.1, 0.15) is 12.3 Å². The number of rotatable bonds is 27. The lowest BCUT2D eigenvalue weighted by atomic mass is 10.1. The first-order valence-corrected chi connectivity index (χ1v) is 24.6. The van der Waals surface area contributed by atoms with Crippen LogP contribution in [0.25, 0.3) is 0 Å². The number of fused-ring (bicyclic) bond motifs is 4. The molecule has 0 bridgehead atoms. The number of nitrogens with zero attached hydrogens (tertiary/aromatic N) is 8. The van der Waals surface area contributed by atoms with E-state index in [1.165, 1.54) is 0 Å². The van der Waals surface area contributed by atoms with Crippen LogP contribution in [0.15, 0.2) is 64.0 Å². The van der Waals surface area contributed by atoms with E-state index < -0.39 is 0 Å². The molecule has 1 aromatic heterocycles. The van der Waals surface area contributed by atoms with Crippen molar-refractivity contribution >= 4 is 53.3 Å². The molecular weight excluding hydrogens is 931 g/mol. The summed E-state index contributed by atoms with van der Waals surface area (Å²) in [5, 5.41) is 11.2. The molecule has 384 valence electrons. The van der Waals surface area contributed by atoms with Gasteiger partial charge >= 0.3 is 0 Å². The number of methoxy groups -OCH3 is 1. The van der Waals surface area contributed by atoms with Crippen LogP contribution >= 0.6 is 0 Å². The molecule has 0 aliphatic carbocycles. The Balaban J connectivity index is 0.743. The SMILES string of the molecule is COc1cc2c(cc1OCCCCCOc1cc3c(cc1OCc1cn(CCOCCOCCOCCNC(=O)CCN4C(=O)CC(C)C4=O)nn1)C(=O)N1C=C(C)C[C@H]1C=N3)N=C[C@@H]1CC(C)=CN1C2=O. The number of hydrogen-bond acceptors (Lipinski definition) is 16. The van der Waals surface area contributed by atoms with Gasteiger partial charge in [0.25, 0.3) is 11.8 Å². The Morgan fingerprint density at radius 2 is 1.25 bits per heavy atom. The summed E-state index contributed by atoms with van der Waals surface area (Å²) in [5.74, 6) is 0.516. The number of amides is 5. The fourth-order valence-corrected chi connectivity index (χ4v) is 8.82. The Morgan fingerprint density at radius 3 is 1.85 bits per heavy atom. The summed E-state index contributed by atoms with van der Waals surface area (Å²) in [6, 6.07) is 6.66. The summed E-state index contributed by atoms with van der Waals surface area (Å²) in [6.45, 7) is 9.56. The molecule has 1 fully saturated rings. The largest absolute Gasteiger partial charge is 0.493 e. The van der Waals surface area contributed by atoms with Crippen LogP contribution in [0.2, 0.25) is 0 Å². The minimum absolute atomic E-state index is 0.0587. The number of carbonyl (C=O) groups is 5. The maximum absolute atomic E-state index is 13.8. The molecule has 8 rings (SSSR count). The van der Waals surface area contributed by atoms with Gasteiger partial charge in [0.05, 0.1) is 107 Å². The van der Waals surface area contributed by atoms with E-state index in [1.807, 2.05) is 38.7 Å². The monoisotopic (exact) mass is 993 g/mol. The van der Waals surface area contributed by atoms with Crippen LogP contribution in [-0.4, -0.2) is 157 Å². The summed E-state index contributed by atoms with van der Waals surface area (Å²) >= 11 is 0. The number of benzene rings is 2. The molecule has 21 nitrogen and oxygen atoms in total. The first-order chi connectivity index (χ1) is 34.9. The number of aliphatic imine (C=N–C) groups is 2. The number of unbranched alkanes of at least 4 members (excludes halogenated alkanes) is 2. The number of ether oxygens (including phenoxy) is 7. The number of nitrogens with one attached hydrogen (secondary N) is 1. The molecule has 0 spiro atoms. The van der Waals surface area contributed by atoms with Crippen LogP contribution in [0.3, 0.4) is 0 Å². The number of aromatic nitrogens is 3. The first-order valence-electron chi connectivity index (χ1n) is 24.6. The van der Waals surface area contributed by atoms with Crippen molar-refractivity contribution in [3.8, 4) is 23.0 Å². The summed E-state index contributed by atoms with van der Waals surface area (Å²) in [7, 11) is 1.55. The Labute approximate surface area is 418 Å². The third kappa shape index (κ3) is 12.9. The van der Waals surface area contributed by atoms with Crippen LogP contribution in [0.4, 0.5) is 11.4 Å². The zero-order chi connectivity index (χ0) is 50.6. The Bertz CT molecular complexity index is 2610. The van der Waals surface area contributed by atoms with Crippen molar-refractivity contribution in [1.82, 2.24) is 35.0 Å². The summed E-state index contributed by atoms with van der Waals surface area (Å²) in [4.78, 5) is 77.0. The molecule has 3 aromatic rings. The lowest BCUT2D eigenvalue weighted by Crippen LogP contribution is -2.35. The van der Waals surface area contributed by atoms with Crippen LogP contribution in [0.1, 0.15) is 92.1 Å². The minimum Gasteiger partial charge on any atom is -0.493 e. The van der Waals surface area contributed by atoms with Gasteiger partial charge in [-0.2, -0.15) is 0 Å². The van der Waals surface area contributed by atoms with Crippen molar-refractivity contribution in [2.45, 2.75) is 91.0 Å². The van der Waals surface area contributed by atoms with Gasteiger partial charge in [-0.1, -0.05) is 23.3 Å². The van der Waals surface area contributed by atoms with Gasteiger partial charge < -0.3 is 48.3 Å². The van der Waals surface area contributed by atoms with E-state index >= 15 is 0 Å².